The number of aromatic nitrogens is 15. The summed E-state index contributed by atoms with van der Waals surface area (Å²) >= 11 is 0. The number of rotatable bonds is 12. The highest BCUT2D eigenvalue weighted by molar-refractivity contribution is 5.99. The van der Waals surface area contributed by atoms with Gasteiger partial charge < -0.3 is 73.8 Å². The molecule has 12 aromatic rings. The van der Waals surface area contributed by atoms with Crippen molar-refractivity contribution in [3.63, 3.8) is 0 Å². The van der Waals surface area contributed by atoms with Crippen molar-refractivity contribution < 1.29 is 42.8 Å². The molecule has 0 radical (unpaired) electrons. The van der Waals surface area contributed by atoms with Crippen LogP contribution in [-0.2, 0) is 34.0 Å². The van der Waals surface area contributed by atoms with Gasteiger partial charge in [0.1, 0.15) is 53.0 Å². The molecule has 6 bridgehead atoms. The minimum absolute atomic E-state index is 0.0277. The third kappa shape index (κ3) is 18.2. The lowest BCUT2D eigenvalue weighted by Gasteiger charge is -2.34. The molecule has 133 heavy (non-hydrogen) atoms. The van der Waals surface area contributed by atoms with Gasteiger partial charge in [-0.1, -0.05) is 24.2 Å². The Balaban J connectivity index is 0.000000129. The first-order valence-corrected chi connectivity index (χ1v) is 44.8. The average Bonchev–Trinajstić information content (AvgIpc) is 1.61. The van der Waals surface area contributed by atoms with Crippen LogP contribution >= 0.6 is 0 Å². The number of ether oxygens (including phenoxy) is 6. The first kappa shape index (κ1) is 87.1. The second-order valence-corrected chi connectivity index (χ2v) is 33.5. The fraction of sp³-hybridized carbons (Fsp3) is 0.394. The summed E-state index contributed by atoms with van der Waals surface area (Å²) in [5, 5.41) is 10.9. The molecule has 39 heteroatoms. The number of carbonyl (C=O) groups is 3. The third-order valence-corrected chi connectivity index (χ3v) is 24.8. The van der Waals surface area contributed by atoms with Gasteiger partial charge in [-0.25, -0.2) is 58.0 Å². The number of nitrogens with one attached hydrogen (secondary N) is 3. The van der Waals surface area contributed by atoms with Gasteiger partial charge in [-0.3, -0.25) is 43.5 Å². The zero-order valence-corrected chi connectivity index (χ0v) is 74.9. The van der Waals surface area contributed by atoms with Crippen molar-refractivity contribution in [2.75, 3.05) is 206 Å². The fourth-order valence-corrected chi connectivity index (χ4v) is 17.5. The van der Waals surface area contributed by atoms with Gasteiger partial charge in [-0.05, 0) is 132 Å². The quantitative estimate of drug-likeness (QED) is 0.0992. The number of carbonyl (C=O) groups excluding carboxylic acids is 3. The summed E-state index contributed by atoms with van der Waals surface area (Å²) < 4.78 is 43.6. The van der Waals surface area contributed by atoms with E-state index in [9.17, 15) is 28.8 Å². The molecule has 3 N–H and O–H groups in total. The molecule has 18 heterocycles. The van der Waals surface area contributed by atoms with Crippen molar-refractivity contribution in [2.45, 2.75) is 83.8 Å². The summed E-state index contributed by atoms with van der Waals surface area (Å²) in [4.78, 5) is 141. The number of amides is 3. The Morgan fingerprint density at radius 3 is 1.15 bits per heavy atom. The summed E-state index contributed by atoms with van der Waals surface area (Å²) in [5.41, 5.74) is 5.64. The van der Waals surface area contributed by atoms with Crippen LogP contribution in [-0.4, -0.2) is 266 Å². The molecule has 0 saturated carbocycles. The van der Waals surface area contributed by atoms with E-state index < -0.39 is 0 Å². The summed E-state index contributed by atoms with van der Waals surface area (Å²) in [6, 6.07) is 28.4. The van der Waals surface area contributed by atoms with Crippen LogP contribution in [0.3, 0.4) is 0 Å². The Kier molecular flexibility index (Phi) is 25.2. The number of hydrogen-bond acceptors (Lipinski definition) is 30. The van der Waals surface area contributed by atoms with Gasteiger partial charge in [-0.15, -0.1) is 17.8 Å². The molecule has 39 nitrogen and oxygen atoms in total. The molecular formula is C94H101N27O12. The molecule has 0 atom stereocenters. The molecule has 0 aliphatic carbocycles. The predicted molar refractivity (Wildman–Crippen MR) is 504 cm³/mol. The van der Waals surface area contributed by atoms with Crippen molar-refractivity contribution in [3.8, 4) is 87.5 Å². The molecule has 3 aromatic carbocycles. The van der Waals surface area contributed by atoms with Crippen molar-refractivity contribution in [1.82, 2.24) is 87.6 Å². The van der Waals surface area contributed by atoms with E-state index in [2.05, 4.69) is 117 Å². The molecule has 3 fully saturated rings. The number of anilines is 12. The maximum absolute atomic E-state index is 13.7. The van der Waals surface area contributed by atoms with E-state index in [1.54, 1.807) is 86.5 Å². The summed E-state index contributed by atoms with van der Waals surface area (Å²) in [5.74, 6) is 25.8. The number of pyridine rings is 3. The Morgan fingerprint density at radius 2 is 0.729 bits per heavy atom. The number of nitrogens with zero attached hydrogens (tertiary/aromatic N) is 24. The Labute approximate surface area is 764 Å². The highest BCUT2D eigenvalue weighted by Gasteiger charge is 2.34. The molecule has 0 unspecified atom stereocenters. The highest BCUT2D eigenvalue weighted by Crippen LogP contribution is 2.40. The molecule has 9 aliphatic heterocycles. The van der Waals surface area contributed by atoms with Gasteiger partial charge >= 0.3 is 0 Å². The number of piperazine rings is 3. The third-order valence-electron chi connectivity index (χ3n) is 24.8. The van der Waals surface area contributed by atoms with E-state index in [1.165, 1.54) is 32.6 Å². The van der Waals surface area contributed by atoms with Gasteiger partial charge in [0.2, 0.25) is 17.8 Å². The van der Waals surface area contributed by atoms with Crippen LogP contribution in [0.5, 0.6) is 34.5 Å². The lowest BCUT2D eigenvalue weighted by molar-refractivity contribution is -0.122. The zero-order valence-electron chi connectivity index (χ0n) is 74.9. The van der Waals surface area contributed by atoms with Crippen molar-refractivity contribution in [2.24, 2.45) is 0 Å². The maximum Gasteiger partial charge on any atom is 0.279 e. The second kappa shape index (κ2) is 38.4. The molecule has 3 saturated heterocycles. The number of hydrogen-bond donors (Lipinski definition) is 3. The zero-order chi connectivity index (χ0) is 91.3. The lowest BCUT2D eigenvalue weighted by Crippen LogP contribution is -2.44. The fourth-order valence-electron chi connectivity index (χ4n) is 17.5. The van der Waals surface area contributed by atoms with Crippen LogP contribution in [0.15, 0.2) is 124 Å². The van der Waals surface area contributed by atoms with E-state index in [4.69, 9.17) is 58.3 Å². The highest BCUT2D eigenvalue weighted by atomic mass is 16.5. The van der Waals surface area contributed by atoms with Crippen molar-refractivity contribution in [1.29, 1.82) is 0 Å². The molecule has 9 aliphatic rings. The summed E-state index contributed by atoms with van der Waals surface area (Å²) in [7, 11) is 11.4. The van der Waals surface area contributed by atoms with Crippen LogP contribution in [0.1, 0.15) is 64.2 Å². The van der Waals surface area contributed by atoms with Gasteiger partial charge in [-0.2, -0.15) is 15.0 Å². The van der Waals surface area contributed by atoms with Crippen molar-refractivity contribution in [3.05, 3.63) is 141 Å². The average molecular weight is 1800 g/mol. The van der Waals surface area contributed by atoms with Crippen LogP contribution in [0.2, 0.25) is 0 Å². The molecular weight excluding hydrogens is 1700 g/mol. The van der Waals surface area contributed by atoms with Crippen molar-refractivity contribution >= 4 is 120 Å². The molecule has 21 rings (SSSR count). The van der Waals surface area contributed by atoms with E-state index in [0.29, 0.717) is 148 Å². The molecule has 684 valence electrons. The van der Waals surface area contributed by atoms with E-state index in [-0.39, 0.29) is 73.9 Å². The minimum Gasteiger partial charge on any atom is -0.497 e. The summed E-state index contributed by atoms with van der Waals surface area (Å²) in [6.45, 7) is 13.3. The Hall–Kier alpha value is -15.3. The summed E-state index contributed by atoms with van der Waals surface area (Å²) in [6.07, 6.45) is 12.5. The first-order chi connectivity index (χ1) is 65.0. The van der Waals surface area contributed by atoms with Crippen LogP contribution in [0.4, 0.5) is 69.4 Å². The Morgan fingerprint density at radius 1 is 0.346 bits per heavy atom. The van der Waals surface area contributed by atoms with Gasteiger partial charge in [0.25, 0.3) is 34.4 Å². The minimum atomic E-state index is -0.279. The van der Waals surface area contributed by atoms with Crippen LogP contribution in [0, 0.1) is 35.5 Å². The standard InChI is InChI=1S/C32H35N9O4.2C31H33N9O4/c1-37-15-17-38(18-16-37)24-10-9-22(19-26(24)44-2)34-32-33-20-23-29(36-32)41-27-12-11-25-30(35-27)39(28(42)21-45-25)13-7-5-3-4-6-8-14-40(41)31(23)43;1-36-14-16-37(17-15-36)23-18-21(8-9-24(23)43-2)33-31-32-19-22-28(35-31)40-26-11-10-25-29(34-26)38(27(41)20-44-25)12-6-4-3-5-7-13-39(40)30(22)42;1-36-12-14-37(15-13-36)22-16-21(17-23(18-22)43-2)33-31-32-19-24-28(35-31)40-26-9-8-25-29(34-26)38(27(41)20-44-25)10-6-4-3-5-7-11-39(40)30(24)42/h9-12,19-20H,3-5,7,13-18,21H2,1-2H3,(H,33,34,36);8-11,18-19H,3-4,6,12-17,20H2,1-2H3,(H,32,33,35);8-9,16-19H,3-4,6,10-15,20H2,1-2H3,(H,32,33,35). The Bertz CT molecular complexity index is 6900. The monoisotopic (exact) mass is 1800 g/mol. The maximum atomic E-state index is 13.7. The first-order valence-electron chi connectivity index (χ1n) is 44.8. The van der Waals surface area contributed by atoms with Crippen LogP contribution < -0.4 is 90.4 Å². The molecule has 9 aromatic heterocycles. The van der Waals surface area contributed by atoms with E-state index in [0.717, 1.165) is 169 Å². The largest absolute Gasteiger partial charge is 0.497 e. The molecule has 0 spiro atoms. The number of likely N-dealkylation sites (N-methyl/N-ethyl adjacent to an activating group) is 3. The number of fused-ring (bicyclic) bond motifs is 15. The van der Waals surface area contributed by atoms with E-state index in [1.807, 2.05) is 54.6 Å². The van der Waals surface area contributed by atoms with Gasteiger partial charge in [0.15, 0.2) is 88.9 Å². The smallest absolute Gasteiger partial charge is 0.279 e. The topological polar surface area (TPSA) is 369 Å². The predicted octanol–water partition coefficient (Wildman–Crippen LogP) is 7.57. The normalized spacial score (nSPS) is 17.1. The number of methoxy groups -OCH3 is 3. The van der Waals surface area contributed by atoms with Gasteiger partial charge in [0, 0.05) is 177 Å². The van der Waals surface area contributed by atoms with E-state index >= 15 is 0 Å². The molecule has 3 amide bonds. The lowest BCUT2D eigenvalue weighted by atomic mass is 10.2. The SMILES string of the molecule is COc1cc(Nc2ncc3c(=O)n4n(c3n2)-c2ccc3c(n2)N(CCCCC#CC4)C(=O)CO3)cc(N2CCN(C)CC2)c1.COc1cc(Nc2ncc3c(=O)n4n(c3n2)-c2ccc3c(n2)N(CCCCCC#CC4)C(=O)CO3)ccc1N1CCN(C)CC1.COc1ccc(Nc2ncc3c(=O)n4n(c3n2)-c2ccc3c(n2)N(CCCCC#CC4)C(=O)CO3)cc1N1CCN(C)CC1. The van der Waals surface area contributed by atoms with Crippen LogP contribution in [0.25, 0.3) is 50.6 Å². The van der Waals surface area contributed by atoms with Gasteiger partial charge in [0.05, 0.1) is 32.7 Å². The second-order valence-electron chi connectivity index (χ2n) is 33.5. The number of benzene rings is 3.